The molecule has 1 fully saturated rings. The fourth-order valence-corrected chi connectivity index (χ4v) is 2.48. The first-order valence-corrected chi connectivity index (χ1v) is 6.93. The number of hydrogen-bond donors (Lipinski definition) is 2. The first-order chi connectivity index (χ1) is 9.11. The van der Waals surface area contributed by atoms with Crippen molar-refractivity contribution in [3.8, 4) is 5.75 Å². The van der Waals surface area contributed by atoms with E-state index in [1.807, 2.05) is 6.92 Å². The molecule has 1 aliphatic rings. The number of carbonyl (C=O) groups excluding carboxylic acids is 1. The van der Waals surface area contributed by atoms with Crippen LogP contribution in [0.3, 0.4) is 0 Å². The predicted molar refractivity (Wildman–Crippen MR) is 76.6 cm³/mol. The number of nitrogens with one attached hydrogen (secondary N) is 1. The van der Waals surface area contributed by atoms with Crippen molar-refractivity contribution in [2.45, 2.75) is 26.2 Å². The van der Waals surface area contributed by atoms with E-state index >= 15 is 0 Å². The molecule has 104 valence electrons. The van der Waals surface area contributed by atoms with E-state index in [0.29, 0.717) is 29.6 Å². The molecule has 5 heteroatoms. The highest BCUT2D eigenvalue weighted by Crippen LogP contribution is 2.41. The van der Waals surface area contributed by atoms with Crippen LogP contribution >= 0.6 is 11.6 Å². The molecular weight excluding hydrogens is 264 g/mol. The molecule has 1 saturated carbocycles. The van der Waals surface area contributed by atoms with Gasteiger partial charge in [-0.15, -0.1) is 0 Å². The molecule has 0 saturated heterocycles. The number of rotatable bonds is 5. The van der Waals surface area contributed by atoms with Crippen LogP contribution in [0.1, 0.15) is 26.2 Å². The third kappa shape index (κ3) is 2.85. The van der Waals surface area contributed by atoms with Crippen molar-refractivity contribution in [3.05, 3.63) is 23.2 Å². The van der Waals surface area contributed by atoms with E-state index < -0.39 is 0 Å². The van der Waals surface area contributed by atoms with Gasteiger partial charge in [-0.2, -0.15) is 0 Å². The van der Waals surface area contributed by atoms with Crippen LogP contribution in [0.2, 0.25) is 5.02 Å². The highest BCUT2D eigenvalue weighted by molar-refractivity contribution is 6.32. The Kier molecular flexibility index (Phi) is 4.32. The summed E-state index contributed by atoms with van der Waals surface area (Å²) in [7, 11) is 0. The number of hydrogen-bond acceptors (Lipinski definition) is 3. The van der Waals surface area contributed by atoms with Gasteiger partial charge in [0, 0.05) is 12.2 Å². The SMILES string of the molecule is CCOc1ccc(NC(=O)C2(CN)CCC2)cc1Cl. The summed E-state index contributed by atoms with van der Waals surface area (Å²) in [5.41, 5.74) is 6.01. The van der Waals surface area contributed by atoms with Gasteiger partial charge in [-0.3, -0.25) is 4.79 Å². The Balaban J connectivity index is 2.07. The largest absolute Gasteiger partial charge is 0.492 e. The molecule has 0 unspecified atom stereocenters. The molecule has 0 aromatic heterocycles. The number of halogens is 1. The van der Waals surface area contributed by atoms with Gasteiger partial charge in [0.2, 0.25) is 5.91 Å². The van der Waals surface area contributed by atoms with Gasteiger partial charge in [-0.1, -0.05) is 18.0 Å². The Hall–Kier alpha value is -1.26. The Morgan fingerprint density at radius 2 is 2.26 bits per heavy atom. The number of amides is 1. The van der Waals surface area contributed by atoms with Gasteiger partial charge in [-0.25, -0.2) is 0 Å². The number of ether oxygens (including phenoxy) is 1. The van der Waals surface area contributed by atoms with Gasteiger partial charge in [0.05, 0.1) is 17.0 Å². The molecule has 0 spiro atoms. The van der Waals surface area contributed by atoms with Gasteiger partial charge in [0.25, 0.3) is 0 Å². The van der Waals surface area contributed by atoms with Crippen molar-refractivity contribution in [3.63, 3.8) is 0 Å². The molecule has 0 heterocycles. The third-order valence-corrected chi connectivity index (χ3v) is 3.97. The number of benzene rings is 1. The first kappa shape index (κ1) is 14.2. The van der Waals surface area contributed by atoms with E-state index in [1.54, 1.807) is 18.2 Å². The van der Waals surface area contributed by atoms with Gasteiger partial charge < -0.3 is 15.8 Å². The Bertz CT molecular complexity index is 467. The van der Waals surface area contributed by atoms with Gasteiger partial charge >= 0.3 is 0 Å². The van der Waals surface area contributed by atoms with Crippen molar-refractivity contribution >= 4 is 23.2 Å². The number of nitrogens with two attached hydrogens (primary N) is 1. The fraction of sp³-hybridized carbons (Fsp3) is 0.500. The van der Waals surface area contributed by atoms with Crippen LogP contribution in [0.15, 0.2) is 18.2 Å². The second-order valence-corrected chi connectivity index (χ2v) is 5.28. The summed E-state index contributed by atoms with van der Waals surface area (Å²) in [6, 6.07) is 5.25. The zero-order valence-electron chi connectivity index (χ0n) is 11.0. The van der Waals surface area contributed by atoms with Crippen LogP contribution < -0.4 is 15.8 Å². The third-order valence-electron chi connectivity index (χ3n) is 3.67. The summed E-state index contributed by atoms with van der Waals surface area (Å²) in [6.45, 7) is 2.85. The van der Waals surface area contributed by atoms with Crippen LogP contribution in [0.4, 0.5) is 5.69 Å². The Morgan fingerprint density at radius 3 is 2.74 bits per heavy atom. The quantitative estimate of drug-likeness (QED) is 0.873. The lowest BCUT2D eigenvalue weighted by atomic mass is 9.68. The van der Waals surface area contributed by atoms with E-state index in [9.17, 15) is 4.79 Å². The minimum atomic E-state index is -0.384. The minimum absolute atomic E-state index is 0.0125. The lowest BCUT2D eigenvalue weighted by Gasteiger charge is -2.39. The molecule has 1 aromatic rings. The maximum Gasteiger partial charge on any atom is 0.231 e. The molecule has 1 amide bonds. The van der Waals surface area contributed by atoms with E-state index in [4.69, 9.17) is 22.1 Å². The van der Waals surface area contributed by atoms with Crippen molar-refractivity contribution < 1.29 is 9.53 Å². The van der Waals surface area contributed by atoms with E-state index in [1.165, 1.54) is 0 Å². The smallest absolute Gasteiger partial charge is 0.231 e. The lowest BCUT2D eigenvalue weighted by molar-refractivity contribution is -0.129. The normalized spacial score (nSPS) is 16.6. The van der Waals surface area contributed by atoms with E-state index in [0.717, 1.165) is 19.3 Å². The molecule has 1 aliphatic carbocycles. The molecule has 0 bridgehead atoms. The molecular formula is C14H19ClN2O2. The summed E-state index contributed by atoms with van der Waals surface area (Å²) in [5, 5.41) is 3.38. The lowest BCUT2D eigenvalue weighted by Crippen LogP contribution is -2.47. The standard InChI is InChI=1S/C14H19ClN2O2/c1-2-19-12-5-4-10(8-11(12)15)17-13(18)14(9-16)6-3-7-14/h4-5,8H,2-3,6-7,9,16H2,1H3,(H,17,18). The average molecular weight is 283 g/mol. The highest BCUT2D eigenvalue weighted by atomic mass is 35.5. The van der Waals surface area contributed by atoms with Crippen LogP contribution in [0, 0.1) is 5.41 Å². The topological polar surface area (TPSA) is 64.3 Å². The van der Waals surface area contributed by atoms with Crippen molar-refractivity contribution in [1.29, 1.82) is 0 Å². The molecule has 0 radical (unpaired) electrons. The average Bonchev–Trinajstić information content (AvgIpc) is 2.32. The van der Waals surface area contributed by atoms with Gasteiger partial charge in [-0.05, 0) is 38.0 Å². The monoisotopic (exact) mass is 282 g/mol. The Labute approximate surface area is 118 Å². The maximum absolute atomic E-state index is 12.2. The second kappa shape index (κ2) is 5.80. The molecule has 4 nitrogen and oxygen atoms in total. The summed E-state index contributed by atoms with van der Waals surface area (Å²) in [4.78, 5) is 12.2. The molecule has 19 heavy (non-hydrogen) atoms. The molecule has 3 N–H and O–H groups in total. The predicted octanol–water partition coefficient (Wildman–Crippen LogP) is 2.81. The summed E-state index contributed by atoms with van der Waals surface area (Å²) in [6.07, 6.45) is 2.79. The number of carbonyl (C=O) groups is 1. The van der Waals surface area contributed by atoms with Crippen molar-refractivity contribution in [2.75, 3.05) is 18.5 Å². The maximum atomic E-state index is 12.2. The first-order valence-electron chi connectivity index (χ1n) is 6.55. The molecule has 2 rings (SSSR count). The van der Waals surface area contributed by atoms with Crippen LogP contribution in [-0.4, -0.2) is 19.1 Å². The van der Waals surface area contributed by atoms with Gasteiger partial charge in [0.1, 0.15) is 5.75 Å². The molecule has 0 atom stereocenters. The minimum Gasteiger partial charge on any atom is -0.492 e. The van der Waals surface area contributed by atoms with Gasteiger partial charge in [0.15, 0.2) is 0 Å². The van der Waals surface area contributed by atoms with Crippen LogP contribution in [0.5, 0.6) is 5.75 Å². The van der Waals surface area contributed by atoms with E-state index in [-0.39, 0.29) is 11.3 Å². The highest BCUT2D eigenvalue weighted by Gasteiger charge is 2.42. The second-order valence-electron chi connectivity index (χ2n) is 4.87. The van der Waals surface area contributed by atoms with Crippen LogP contribution in [0.25, 0.3) is 0 Å². The fourth-order valence-electron chi connectivity index (χ4n) is 2.24. The molecule has 1 aromatic carbocycles. The zero-order chi connectivity index (χ0) is 13.9. The van der Waals surface area contributed by atoms with Crippen molar-refractivity contribution in [1.82, 2.24) is 0 Å². The molecule has 0 aliphatic heterocycles. The summed E-state index contributed by atoms with van der Waals surface area (Å²) >= 11 is 6.09. The van der Waals surface area contributed by atoms with E-state index in [2.05, 4.69) is 5.32 Å². The summed E-state index contributed by atoms with van der Waals surface area (Å²) < 4.78 is 5.35. The Morgan fingerprint density at radius 1 is 1.53 bits per heavy atom. The number of anilines is 1. The van der Waals surface area contributed by atoms with Crippen molar-refractivity contribution in [2.24, 2.45) is 11.1 Å². The zero-order valence-corrected chi connectivity index (χ0v) is 11.8. The summed E-state index contributed by atoms with van der Waals surface area (Å²) in [5.74, 6) is 0.612. The van der Waals surface area contributed by atoms with Crippen LogP contribution in [-0.2, 0) is 4.79 Å².